The molecule has 0 bridgehead atoms. The van der Waals surface area contributed by atoms with E-state index >= 15 is 0 Å². The van der Waals surface area contributed by atoms with Crippen LogP contribution in [0, 0.1) is 0 Å². The van der Waals surface area contributed by atoms with E-state index in [9.17, 15) is 13.2 Å². The van der Waals surface area contributed by atoms with Crippen molar-refractivity contribution in [3.05, 3.63) is 64.2 Å². The zero-order valence-electron chi connectivity index (χ0n) is 15.4. The Morgan fingerprint density at radius 3 is 2.63 bits per heavy atom. The van der Waals surface area contributed by atoms with Gasteiger partial charge in [-0.25, -0.2) is 8.42 Å². The number of rotatable bonds is 5. The summed E-state index contributed by atoms with van der Waals surface area (Å²) in [6.07, 6.45) is 1.44. The Morgan fingerprint density at radius 1 is 1.22 bits per heavy atom. The molecule has 2 aromatic rings. The lowest BCUT2D eigenvalue weighted by Crippen LogP contribution is -2.36. The van der Waals surface area contributed by atoms with Crippen molar-refractivity contribution in [2.24, 2.45) is 0 Å². The van der Waals surface area contributed by atoms with Crippen LogP contribution in [-0.4, -0.2) is 31.2 Å². The molecule has 1 amide bonds. The average molecular weight is 407 g/mol. The second-order valence-electron chi connectivity index (χ2n) is 6.79. The van der Waals surface area contributed by atoms with Crippen LogP contribution in [0.15, 0.2) is 47.4 Å². The highest BCUT2D eigenvalue weighted by atomic mass is 35.5. The number of nitrogens with one attached hydrogen (secondary N) is 1. The maximum absolute atomic E-state index is 13.2. The van der Waals surface area contributed by atoms with Crippen LogP contribution in [0.2, 0.25) is 5.02 Å². The Hall–Kier alpha value is -1.89. The number of fused-ring (bicyclic) bond motifs is 1. The molecule has 0 spiro atoms. The van der Waals surface area contributed by atoms with Crippen LogP contribution in [0.25, 0.3) is 0 Å². The van der Waals surface area contributed by atoms with Crippen LogP contribution in [0.5, 0.6) is 0 Å². The van der Waals surface area contributed by atoms with Crippen molar-refractivity contribution < 1.29 is 13.2 Å². The molecule has 0 radical (unpaired) electrons. The number of carbonyl (C=O) groups is 1. The van der Waals surface area contributed by atoms with Gasteiger partial charge < -0.3 is 5.32 Å². The van der Waals surface area contributed by atoms with Crippen molar-refractivity contribution in [2.45, 2.75) is 44.2 Å². The van der Waals surface area contributed by atoms with Gasteiger partial charge in [0.15, 0.2) is 0 Å². The molecule has 27 heavy (non-hydrogen) atoms. The van der Waals surface area contributed by atoms with Gasteiger partial charge in [0.1, 0.15) is 4.90 Å². The van der Waals surface area contributed by atoms with Crippen LogP contribution < -0.4 is 5.32 Å². The molecule has 0 fully saturated rings. The molecule has 0 saturated carbocycles. The summed E-state index contributed by atoms with van der Waals surface area (Å²) in [5.41, 5.74) is 2.45. The first kappa shape index (κ1) is 19.9. The van der Waals surface area contributed by atoms with Gasteiger partial charge in [-0.05, 0) is 49.1 Å². The van der Waals surface area contributed by atoms with E-state index in [4.69, 9.17) is 11.6 Å². The van der Waals surface area contributed by atoms with Crippen molar-refractivity contribution in [2.75, 3.05) is 6.54 Å². The molecule has 0 saturated heterocycles. The molecule has 1 aliphatic heterocycles. The summed E-state index contributed by atoms with van der Waals surface area (Å²) in [5, 5.41) is 2.97. The topological polar surface area (TPSA) is 66.5 Å². The molecule has 144 valence electrons. The molecule has 1 N–H and O–H groups in total. The molecule has 0 aliphatic carbocycles. The minimum Gasteiger partial charge on any atom is -0.350 e. The van der Waals surface area contributed by atoms with Crippen LogP contribution >= 0.6 is 11.6 Å². The number of carbonyl (C=O) groups excluding carboxylic acids is 1. The van der Waals surface area contributed by atoms with E-state index in [1.807, 2.05) is 38.1 Å². The van der Waals surface area contributed by atoms with Gasteiger partial charge in [-0.2, -0.15) is 4.31 Å². The summed E-state index contributed by atoms with van der Waals surface area (Å²) in [5.74, 6) is -0.304. The fourth-order valence-electron chi connectivity index (χ4n) is 3.07. The highest BCUT2D eigenvalue weighted by Gasteiger charge is 2.30. The average Bonchev–Trinajstić information content (AvgIpc) is 2.67. The van der Waals surface area contributed by atoms with E-state index in [2.05, 4.69) is 5.32 Å². The first-order chi connectivity index (χ1) is 12.8. The minimum atomic E-state index is -3.80. The summed E-state index contributed by atoms with van der Waals surface area (Å²) in [6.45, 7) is 4.56. The molecule has 5 nitrogen and oxygen atoms in total. The minimum absolute atomic E-state index is 0.00633. The van der Waals surface area contributed by atoms with Crippen molar-refractivity contribution in [3.8, 4) is 0 Å². The predicted octanol–water partition coefficient (Wildman–Crippen LogP) is 3.62. The molecule has 1 atom stereocenters. The van der Waals surface area contributed by atoms with E-state index in [-0.39, 0.29) is 27.4 Å². The maximum atomic E-state index is 13.2. The van der Waals surface area contributed by atoms with E-state index in [0.717, 1.165) is 17.5 Å². The summed E-state index contributed by atoms with van der Waals surface area (Å²) in [7, 11) is -3.80. The van der Waals surface area contributed by atoms with Crippen molar-refractivity contribution in [1.82, 2.24) is 9.62 Å². The van der Waals surface area contributed by atoms with Gasteiger partial charge in [0, 0.05) is 24.7 Å². The second kappa shape index (κ2) is 8.00. The number of sulfonamides is 1. The quantitative estimate of drug-likeness (QED) is 0.824. The van der Waals surface area contributed by atoms with Gasteiger partial charge in [-0.3, -0.25) is 4.79 Å². The largest absolute Gasteiger partial charge is 0.350 e. The molecule has 0 aromatic heterocycles. The summed E-state index contributed by atoms with van der Waals surface area (Å²) >= 11 is 6.20. The Bertz CT molecular complexity index is 959. The van der Waals surface area contributed by atoms with Gasteiger partial charge in [-0.1, -0.05) is 42.8 Å². The normalized spacial score (nSPS) is 15.8. The molecule has 0 unspecified atom stereocenters. The Labute approximate surface area is 165 Å². The number of nitrogens with zero attached hydrogens (tertiary/aromatic N) is 1. The Balaban J connectivity index is 1.91. The maximum Gasteiger partial charge on any atom is 0.251 e. The third kappa shape index (κ3) is 4.18. The van der Waals surface area contributed by atoms with Gasteiger partial charge in [0.2, 0.25) is 10.0 Å². The second-order valence-corrected chi connectivity index (χ2v) is 9.10. The van der Waals surface area contributed by atoms with E-state index in [1.54, 1.807) is 6.07 Å². The molecule has 1 heterocycles. The fourth-order valence-corrected chi connectivity index (χ4v) is 4.98. The molecule has 3 rings (SSSR count). The molecule has 2 aromatic carbocycles. The lowest BCUT2D eigenvalue weighted by atomic mass is 10.0. The lowest BCUT2D eigenvalue weighted by Gasteiger charge is -2.28. The van der Waals surface area contributed by atoms with E-state index in [1.165, 1.54) is 16.4 Å². The number of amides is 1. The van der Waals surface area contributed by atoms with Crippen LogP contribution in [0.3, 0.4) is 0 Å². The zero-order chi connectivity index (χ0) is 19.6. The van der Waals surface area contributed by atoms with Crippen LogP contribution in [0.4, 0.5) is 0 Å². The van der Waals surface area contributed by atoms with E-state index < -0.39 is 10.0 Å². The molecule has 7 heteroatoms. The predicted molar refractivity (Wildman–Crippen MR) is 106 cm³/mol. The van der Waals surface area contributed by atoms with Crippen molar-refractivity contribution in [1.29, 1.82) is 0 Å². The molecular weight excluding hydrogens is 384 g/mol. The Kier molecular flexibility index (Phi) is 5.89. The Morgan fingerprint density at radius 2 is 1.93 bits per heavy atom. The lowest BCUT2D eigenvalue weighted by molar-refractivity contribution is 0.0939. The highest BCUT2D eigenvalue weighted by molar-refractivity contribution is 7.89. The van der Waals surface area contributed by atoms with Crippen LogP contribution in [-0.2, 0) is 23.0 Å². The molecular formula is C20H23ClN2O3S. The van der Waals surface area contributed by atoms with Crippen molar-refractivity contribution >= 4 is 27.5 Å². The summed E-state index contributed by atoms with van der Waals surface area (Å²) in [6, 6.07) is 12.2. The van der Waals surface area contributed by atoms with E-state index in [0.29, 0.717) is 19.5 Å². The zero-order valence-corrected chi connectivity index (χ0v) is 17.0. The van der Waals surface area contributed by atoms with Gasteiger partial charge in [0.25, 0.3) is 5.91 Å². The van der Waals surface area contributed by atoms with Gasteiger partial charge in [0.05, 0.1) is 5.02 Å². The standard InChI is InChI=1S/C20H23ClN2O3S/c1-3-14(2)22-20(24)16-8-9-18(21)19(12-16)27(25,26)23-11-10-15-6-4-5-7-17(15)13-23/h4-9,12,14H,3,10-11,13H2,1-2H3,(H,22,24)/t14-/m0/s1. The number of benzene rings is 2. The van der Waals surface area contributed by atoms with Crippen molar-refractivity contribution in [3.63, 3.8) is 0 Å². The number of hydrogen-bond donors (Lipinski definition) is 1. The monoisotopic (exact) mass is 406 g/mol. The fraction of sp³-hybridized carbons (Fsp3) is 0.350. The van der Waals surface area contributed by atoms with Crippen LogP contribution in [0.1, 0.15) is 41.8 Å². The SMILES string of the molecule is CC[C@H](C)NC(=O)c1ccc(Cl)c(S(=O)(=O)N2CCc3ccccc3C2)c1. The molecule has 1 aliphatic rings. The smallest absolute Gasteiger partial charge is 0.251 e. The van der Waals surface area contributed by atoms with Gasteiger partial charge in [-0.15, -0.1) is 0 Å². The first-order valence-electron chi connectivity index (χ1n) is 9.00. The third-order valence-electron chi connectivity index (χ3n) is 4.90. The number of halogens is 1. The van der Waals surface area contributed by atoms with Gasteiger partial charge >= 0.3 is 0 Å². The first-order valence-corrected chi connectivity index (χ1v) is 10.8. The third-order valence-corrected chi connectivity index (χ3v) is 7.22. The summed E-state index contributed by atoms with van der Waals surface area (Å²) < 4.78 is 27.8. The highest BCUT2D eigenvalue weighted by Crippen LogP contribution is 2.29. The summed E-state index contributed by atoms with van der Waals surface area (Å²) in [4.78, 5) is 12.4. The number of hydrogen-bond acceptors (Lipinski definition) is 3.